The van der Waals surface area contributed by atoms with E-state index in [-0.39, 0.29) is 17.1 Å². The van der Waals surface area contributed by atoms with E-state index in [1.807, 2.05) is 0 Å². The molecule has 0 radical (unpaired) electrons. The van der Waals surface area contributed by atoms with E-state index < -0.39 is 23.6 Å². The number of nitriles is 10. The molecule has 0 aromatic rings. The normalized spacial score (nSPS) is 10.9. The Hall–Kier alpha value is -3.54. The summed E-state index contributed by atoms with van der Waals surface area (Å²) in [6, 6.07) is 0. The molecule has 0 saturated carbocycles. The predicted octanol–water partition coefficient (Wildman–Crippen LogP) is 0.160. The minimum atomic E-state index is -4.78. The van der Waals surface area contributed by atoms with E-state index >= 15 is 0 Å². The fraction of sp³-hybridized carbons (Fsp3) is 0. The molecule has 0 saturated heterocycles. The van der Waals surface area contributed by atoms with Gasteiger partial charge in [0.2, 0.25) is 0 Å². The first kappa shape index (κ1) is 24.5. The summed E-state index contributed by atoms with van der Waals surface area (Å²) in [5, 5.41) is 83.5. The van der Waals surface area contributed by atoms with Crippen molar-refractivity contribution in [1.29, 1.82) is 52.6 Å². The average Bonchev–Trinajstić information content (AvgIpc) is 2.63. The van der Waals surface area contributed by atoms with Gasteiger partial charge in [-0.3, -0.25) is 0 Å². The van der Waals surface area contributed by atoms with Crippen LogP contribution in [0.3, 0.4) is 0 Å². The maximum atomic E-state index is 8.35. The quantitative estimate of drug-likeness (QED) is 0.474. The molecule has 0 rings (SSSR count). The van der Waals surface area contributed by atoms with Crippen molar-refractivity contribution in [1.82, 2.24) is 0 Å². The van der Waals surface area contributed by atoms with Crippen LogP contribution >= 0.6 is 0 Å². The number of hydrogen-bond acceptors (Lipinski definition) is 10. The van der Waals surface area contributed by atoms with Crippen molar-refractivity contribution >= 4 is 0 Å². The van der Waals surface area contributed by atoms with Gasteiger partial charge in [-0.2, -0.15) is 0 Å². The maximum absolute atomic E-state index is 8.35. The SMILES string of the molecule is N#[C][Fe-]([C]#N)([C]#N)([C]#N)[C]#N.N#[C][Fe-]([C]#N)([C]#N)([C]#N)[C]#N.[Fe+2]. The van der Waals surface area contributed by atoms with Gasteiger partial charge in [0, 0.05) is 0 Å². The van der Waals surface area contributed by atoms with Crippen molar-refractivity contribution < 1.29 is 40.6 Å². The fourth-order valence-electron chi connectivity index (χ4n) is 0.354. The summed E-state index contributed by atoms with van der Waals surface area (Å²) >= 11 is -9.55. The summed E-state index contributed by atoms with van der Waals surface area (Å²) in [6.07, 6.45) is 0. The summed E-state index contributed by atoms with van der Waals surface area (Å²) in [4.78, 5) is 12.2. The van der Waals surface area contributed by atoms with Crippen LogP contribution in [0.15, 0.2) is 0 Å². The van der Waals surface area contributed by atoms with Crippen LogP contribution in [0.2, 0.25) is 0 Å². The van der Waals surface area contributed by atoms with Gasteiger partial charge in [0.15, 0.2) is 0 Å². The van der Waals surface area contributed by atoms with Crippen molar-refractivity contribution in [3.8, 4) is 49.7 Å². The molecule has 0 fully saturated rings. The Bertz CT molecular complexity index is 664. The minimum absolute atomic E-state index is 0. The monoisotopic (exact) mass is 428 g/mol. The average molecular weight is 428 g/mol. The van der Waals surface area contributed by atoms with Crippen LogP contribution in [0.25, 0.3) is 0 Å². The summed E-state index contributed by atoms with van der Waals surface area (Å²) in [5.41, 5.74) is 0. The van der Waals surface area contributed by atoms with Crippen molar-refractivity contribution in [2.75, 3.05) is 0 Å². The molecule has 0 spiro atoms. The van der Waals surface area contributed by atoms with Crippen LogP contribution < -0.4 is 0 Å². The van der Waals surface area contributed by atoms with Crippen LogP contribution in [0.4, 0.5) is 0 Å². The molecule has 10 nitrogen and oxygen atoms in total. The Balaban J connectivity index is -0.000000333. The summed E-state index contributed by atoms with van der Waals surface area (Å²) in [5.74, 6) is 0. The molecule has 13 heteroatoms. The topological polar surface area (TPSA) is 238 Å². The molecular weight excluding hydrogens is 428 g/mol. The third-order valence-electron chi connectivity index (χ3n) is 1.58. The fourth-order valence-corrected chi connectivity index (χ4v) is 1.46. The molecule has 114 valence electrons. The number of nitrogens with zero attached hydrogens (tertiary/aromatic N) is 10. The van der Waals surface area contributed by atoms with Crippen molar-refractivity contribution in [2.24, 2.45) is 0 Å². The summed E-state index contributed by atoms with van der Waals surface area (Å²) in [7, 11) is 0. The Morgan fingerprint density at radius 3 is 0.391 bits per heavy atom. The standard InChI is InChI=1S/10CN.3Fe/c10*1-2;;;/q;;;;;;;;;;2*-1;+2. The Labute approximate surface area is 142 Å². The molecule has 0 aliphatic rings. The van der Waals surface area contributed by atoms with E-state index in [1.165, 1.54) is 49.7 Å². The largest absolute Gasteiger partial charge is 2.00 e. The van der Waals surface area contributed by atoms with Gasteiger partial charge in [-0.05, 0) is 0 Å². The summed E-state index contributed by atoms with van der Waals surface area (Å²) < 4.78 is 0. The third kappa shape index (κ3) is 3.76. The zero-order valence-electron chi connectivity index (χ0n) is 10.5. The van der Waals surface area contributed by atoms with Gasteiger partial charge in [0.05, 0.1) is 0 Å². The molecule has 0 bridgehead atoms. The Morgan fingerprint density at radius 2 is 0.391 bits per heavy atom. The van der Waals surface area contributed by atoms with Gasteiger partial charge in [0.1, 0.15) is 0 Å². The van der Waals surface area contributed by atoms with Crippen LogP contribution in [0.5, 0.6) is 0 Å². The first-order chi connectivity index (χ1) is 10.2. The van der Waals surface area contributed by atoms with E-state index in [1.54, 1.807) is 0 Å². The molecule has 0 aliphatic heterocycles. The smallest absolute Gasteiger partial charge is 2.00 e. The molecule has 0 aliphatic carbocycles. The zero-order valence-corrected chi connectivity index (χ0v) is 13.8. The first-order valence-corrected chi connectivity index (χ1v) is 9.52. The zero-order chi connectivity index (χ0) is 18.0. The molecule has 0 unspecified atom stereocenters. The molecule has 0 heterocycles. The van der Waals surface area contributed by atoms with Gasteiger partial charge in [-0.15, -0.1) is 0 Å². The van der Waals surface area contributed by atoms with Gasteiger partial charge >= 0.3 is 143 Å². The van der Waals surface area contributed by atoms with E-state index in [9.17, 15) is 0 Å². The molecule has 23 heavy (non-hydrogen) atoms. The third-order valence-corrected chi connectivity index (χ3v) is 6.52. The van der Waals surface area contributed by atoms with Gasteiger partial charge in [-0.1, -0.05) is 0 Å². The molecule has 0 atom stereocenters. The number of hydrogen-bond donors (Lipinski definition) is 0. The van der Waals surface area contributed by atoms with Crippen LogP contribution in [-0.4, -0.2) is 0 Å². The molecule has 0 amide bonds. The van der Waals surface area contributed by atoms with Crippen molar-refractivity contribution in [2.45, 2.75) is 0 Å². The second-order valence-corrected chi connectivity index (χ2v) is 10.5. The maximum Gasteiger partial charge on any atom is 2.00 e. The summed E-state index contributed by atoms with van der Waals surface area (Å²) in [6.45, 7) is 0. The van der Waals surface area contributed by atoms with E-state index in [4.69, 9.17) is 52.6 Å². The Morgan fingerprint density at radius 1 is 0.304 bits per heavy atom. The van der Waals surface area contributed by atoms with E-state index in [0.29, 0.717) is 0 Å². The van der Waals surface area contributed by atoms with Gasteiger partial charge < -0.3 is 0 Å². The van der Waals surface area contributed by atoms with Crippen LogP contribution in [0.1, 0.15) is 0 Å². The van der Waals surface area contributed by atoms with Crippen molar-refractivity contribution in [3.05, 3.63) is 0 Å². The van der Waals surface area contributed by atoms with E-state index in [2.05, 4.69) is 0 Å². The number of rotatable bonds is 0. The van der Waals surface area contributed by atoms with Gasteiger partial charge in [0.25, 0.3) is 0 Å². The second-order valence-electron chi connectivity index (χ2n) is 2.56. The molecule has 0 N–H and O–H groups in total. The van der Waals surface area contributed by atoms with Crippen LogP contribution in [-0.2, 0) is 40.6 Å². The molecule has 0 aromatic carbocycles. The molecular formula is C10Fe3N10. The first-order valence-electron chi connectivity index (χ1n) is 4.00. The molecule has 0 aromatic heterocycles. The van der Waals surface area contributed by atoms with Crippen LogP contribution in [0, 0.1) is 102 Å². The Kier molecular flexibility index (Phi) is 8.55. The van der Waals surface area contributed by atoms with Gasteiger partial charge in [-0.25, -0.2) is 0 Å². The van der Waals surface area contributed by atoms with E-state index in [0.717, 1.165) is 0 Å². The van der Waals surface area contributed by atoms with Crippen molar-refractivity contribution in [3.63, 3.8) is 0 Å². The second kappa shape index (κ2) is 8.04. The minimum Gasteiger partial charge on any atom is 2.00 e. The predicted molar refractivity (Wildman–Crippen MR) is 56.1 cm³/mol.